The number of hydrogen-bond acceptors (Lipinski definition) is 2. The fourth-order valence-corrected chi connectivity index (χ4v) is 7.66. The van der Waals surface area contributed by atoms with Crippen molar-refractivity contribution in [2.45, 2.75) is 71.0 Å². The Morgan fingerprint density at radius 1 is 0.744 bits per heavy atom. The van der Waals surface area contributed by atoms with E-state index in [2.05, 4.69) is 138 Å². The van der Waals surface area contributed by atoms with E-state index in [-0.39, 0.29) is 23.7 Å². The fraction of sp³-hybridized carbons (Fsp3) is 0.282. The number of hydrogen-bond donors (Lipinski definition) is 1. The highest BCUT2D eigenvalue weighted by molar-refractivity contribution is 6.62. The Balaban J connectivity index is 1.27. The van der Waals surface area contributed by atoms with Gasteiger partial charge < -0.3 is 14.3 Å². The molecule has 43 heavy (non-hydrogen) atoms. The third-order valence-corrected chi connectivity index (χ3v) is 10.7. The van der Waals surface area contributed by atoms with E-state index in [0.717, 1.165) is 18.3 Å². The van der Waals surface area contributed by atoms with Crippen molar-refractivity contribution in [3.05, 3.63) is 123 Å². The molecule has 1 fully saturated rings. The number of aryl methyl sites for hydroxylation is 3. The van der Waals surface area contributed by atoms with Crippen LogP contribution in [0.5, 0.6) is 0 Å². The number of benzene rings is 4. The van der Waals surface area contributed by atoms with Crippen LogP contribution in [0.1, 0.15) is 67.5 Å². The Kier molecular flexibility index (Phi) is 5.65. The average molecular weight is 564 g/mol. The molecule has 8 rings (SSSR count). The molecule has 0 amide bonds. The first-order chi connectivity index (χ1) is 20.6. The molecule has 0 bridgehead atoms. The maximum Gasteiger partial charge on any atom is 0.494 e. The van der Waals surface area contributed by atoms with Gasteiger partial charge in [0.1, 0.15) is 0 Å². The summed E-state index contributed by atoms with van der Waals surface area (Å²) >= 11 is 0. The molecule has 2 heterocycles. The molecule has 5 aromatic rings. The second-order valence-corrected chi connectivity index (χ2v) is 13.8. The Morgan fingerprint density at radius 3 is 2.05 bits per heavy atom. The molecule has 1 aromatic heterocycles. The summed E-state index contributed by atoms with van der Waals surface area (Å²) in [6.45, 7) is 12.9. The predicted molar refractivity (Wildman–Crippen MR) is 178 cm³/mol. The monoisotopic (exact) mass is 563 g/mol. The van der Waals surface area contributed by atoms with Gasteiger partial charge in [-0.15, -0.1) is 0 Å². The maximum absolute atomic E-state index is 6.40. The van der Waals surface area contributed by atoms with Gasteiger partial charge in [0.25, 0.3) is 0 Å². The number of H-pyrrole nitrogens is 1. The summed E-state index contributed by atoms with van der Waals surface area (Å²) in [6, 6.07) is 29.2. The molecule has 1 N–H and O–H groups in total. The quantitative estimate of drug-likeness (QED) is 0.246. The average Bonchev–Trinajstić information content (AvgIpc) is 3.58. The van der Waals surface area contributed by atoms with Gasteiger partial charge in [-0.2, -0.15) is 0 Å². The van der Waals surface area contributed by atoms with E-state index in [0.29, 0.717) is 0 Å². The molecule has 3 aliphatic rings. The molecule has 3 nitrogen and oxygen atoms in total. The van der Waals surface area contributed by atoms with Gasteiger partial charge in [0.05, 0.1) is 11.2 Å². The van der Waals surface area contributed by atoms with Crippen molar-refractivity contribution in [3.8, 4) is 11.1 Å². The zero-order chi connectivity index (χ0) is 29.7. The maximum atomic E-state index is 6.40. The lowest BCUT2D eigenvalue weighted by molar-refractivity contribution is 0.00578. The van der Waals surface area contributed by atoms with Gasteiger partial charge >= 0.3 is 7.12 Å². The normalized spacial score (nSPS) is 19.0. The molecule has 0 radical (unpaired) electrons. The summed E-state index contributed by atoms with van der Waals surface area (Å²) in [7, 11) is -0.367. The topological polar surface area (TPSA) is 34.2 Å². The smallest absolute Gasteiger partial charge is 0.399 e. The van der Waals surface area contributed by atoms with Crippen LogP contribution in [0.15, 0.2) is 78.9 Å². The molecule has 0 saturated carbocycles. The molecule has 214 valence electrons. The Bertz CT molecular complexity index is 2020. The number of nitrogens with one attached hydrogen (secondary N) is 1. The van der Waals surface area contributed by atoms with Crippen LogP contribution >= 0.6 is 0 Å². The van der Waals surface area contributed by atoms with Crippen LogP contribution in [0.3, 0.4) is 0 Å². The number of fused-ring (bicyclic) bond motifs is 6. The minimum Gasteiger partial charge on any atom is -0.399 e. The minimum absolute atomic E-state index is 0.177. The van der Waals surface area contributed by atoms with Crippen LogP contribution in [0.25, 0.3) is 34.2 Å². The van der Waals surface area contributed by atoms with Crippen molar-refractivity contribution in [2.24, 2.45) is 0 Å². The van der Waals surface area contributed by atoms with E-state index < -0.39 is 0 Å². The summed E-state index contributed by atoms with van der Waals surface area (Å²) in [5, 5.41) is 3.84. The molecule has 0 unspecified atom stereocenters. The molecule has 0 atom stereocenters. The molecule has 0 spiro atoms. The Morgan fingerprint density at radius 2 is 1.40 bits per heavy atom. The number of aromatic amines is 1. The first-order valence-corrected chi connectivity index (χ1v) is 15.6. The van der Waals surface area contributed by atoms with Gasteiger partial charge in [0.15, 0.2) is 0 Å². The summed E-state index contributed by atoms with van der Waals surface area (Å²) in [6.07, 6.45) is 6.88. The Hall–Kier alpha value is -3.86. The number of rotatable bonds is 3. The molecular formula is C39H38BNO2. The number of aromatic nitrogens is 1. The molecular weight excluding hydrogens is 525 g/mol. The van der Waals surface area contributed by atoms with Crippen LogP contribution in [0.4, 0.5) is 0 Å². The standard InChI is InChI=1S/C39H38BNO2/c1-24-11-7-9-13-33(24)39(34-14-10-8-12-25(34)2)18-17-29-32-22-31-27(20-35(32)41-36(29)23-39)19-26-15-16-28(21-30(26)31)40-42-37(3,4)38(5,6)43-40/h7-16,19-23,41H,17-18H2,1-6H3. The third kappa shape index (κ3) is 3.89. The van der Waals surface area contributed by atoms with Gasteiger partial charge in [-0.25, -0.2) is 0 Å². The van der Waals surface area contributed by atoms with Gasteiger partial charge in [-0.3, -0.25) is 0 Å². The SMILES string of the molecule is Cc1ccccc1C1(c2ccccc2C)C=c2[nH]c3cc4c(cc3c2CC1)-c1cc(B2OC(C)(C)C(C)(C)O2)ccc1C=4. The van der Waals surface area contributed by atoms with Crippen LogP contribution in [0.2, 0.25) is 0 Å². The zero-order valence-electron chi connectivity index (χ0n) is 26.0. The molecule has 1 saturated heterocycles. The van der Waals surface area contributed by atoms with Crippen molar-refractivity contribution in [3.63, 3.8) is 0 Å². The second kappa shape index (κ2) is 9.08. The van der Waals surface area contributed by atoms with Crippen molar-refractivity contribution in [1.82, 2.24) is 4.98 Å². The van der Waals surface area contributed by atoms with Crippen molar-refractivity contribution >= 4 is 35.6 Å². The highest BCUT2D eigenvalue weighted by atomic mass is 16.7. The highest BCUT2D eigenvalue weighted by Gasteiger charge is 2.51. The van der Waals surface area contributed by atoms with Crippen molar-refractivity contribution in [1.29, 1.82) is 0 Å². The second-order valence-electron chi connectivity index (χ2n) is 13.8. The summed E-state index contributed by atoms with van der Waals surface area (Å²) in [5.74, 6) is 0. The van der Waals surface area contributed by atoms with Crippen molar-refractivity contribution in [2.75, 3.05) is 0 Å². The van der Waals surface area contributed by atoms with Crippen molar-refractivity contribution < 1.29 is 9.31 Å². The molecule has 1 aliphatic heterocycles. The molecule has 2 aliphatic carbocycles. The minimum atomic E-state index is -0.367. The summed E-state index contributed by atoms with van der Waals surface area (Å²) < 4.78 is 12.8. The van der Waals surface area contributed by atoms with Gasteiger partial charge in [0.2, 0.25) is 0 Å². The Labute approximate surface area is 254 Å². The van der Waals surface area contributed by atoms with E-state index in [4.69, 9.17) is 9.31 Å². The first kappa shape index (κ1) is 26.7. The van der Waals surface area contributed by atoms with E-state index in [1.807, 2.05) is 0 Å². The molecule has 4 aromatic carbocycles. The van der Waals surface area contributed by atoms with Crippen LogP contribution in [-0.4, -0.2) is 23.3 Å². The third-order valence-electron chi connectivity index (χ3n) is 10.7. The first-order valence-electron chi connectivity index (χ1n) is 15.6. The lowest BCUT2D eigenvalue weighted by atomic mass is 9.66. The van der Waals surface area contributed by atoms with Gasteiger partial charge in [-0.1, -0.05) is 66.7 Å². The van der Waals surface area contributed by atoms with E-state index in [9.17, 15) is 0 Å². The van der Waals surface area contributed by atoms with Gasteiger partial charge in [0, 0.05) is 21.7 Å². The lowest BCUT2D eigenvalue weighted by Gasteiger charge is -2.37. The molecule has 4 heteroatoms. The van der Waals surface area contributed by atoms with Crippen LogP contribution in [-0.2, 0) is 21.1 Å². The van der Waals surface area contributed by atoms with Crippen LogP contribution in [0, 0.1) is 13.8 Å². The lowest BCUT2D eigenvalue weighted by Crippen LogP contribution is -2.41. The predicted octanol–water partition coefficient (Wildman–Crippen LogP) is 6.61. The zero-order valence-corrected chi connectivity index (χ0v) is 26.0. The summed E-state index contributed by atoms with van der Waals surface area (Å²) in [4.78, 5) is 3.86. The van der Waals surface area contributed by atoms with E-state index >= 15 is 0 Å². The van der Waals surface area contributed by atoms with Gasteiger partial charge in [-0.05, 0) is 134 Å². The van der Waals surface area contributed by atoms with E-state index in [1.165, 1.54) is 66.0 Å². The highest BCUT2D eigenvalue weighted by Crippen LogP contribution is 2.44. The van der Waals surface area contributed by atoms with Crippen LogP contribution < -0.4 is 16.0 Å². The summed E-state index contributed by atoms with van der Waals surface area (Å²) in [5.41, 5.74) is 12.1. The largest absolute Gasteiger partial charge is 0.494 e. The fourth-order valence-electron chi connectivity index (χ4n) is 7.66. The van der Waals surface area contributed by atoms with E-state index in [1.54, 1.807) is 0 Å².